The molecule has 0 bridgehead atoms. The van der Waals surface area contributed by atoms with Gasteiger partial charge in [-0.1, -0.05) is 16.4 Å². The highest BCUT2D eigenvalue weighted by Crippen LogP contribution is 2.30. The lowest BCUT2D eigenvalue weighted by atomic mass is 10.2. The number of nitrogens with one attached hydrogen (secondary N) is 1. The summed E-state index contributed by atoms with van der Waals surface area (Å²) in [5, 5.41) is 18.2. The summed E-state index contributed by atoms with van der Waals surface area (Å²) < 4.78 is 38.6. The quantitative estimate of drug-likeness (QED) is 0.882. The van der Waals surface area contributed by atoms with Crippen molar-refractivity contribution in [2.24, 2.45) is 7.05 Å². The second kappa shape index (κ2) is 4.83. The molecule has 0 aliphatic rings. The number of hydrogen-bond donors (Lipinski definition) is 2. The Hall–Kier alpha value is -2.58. The van der Waals surface area contributed by atoms with Gasteiger partial charge in [-0.2, -0.15) is 13.2 Å². The summed E-state index contributed by atoms with van der Waals surface area (Å²) in [7, 11) is 1.37. The van der Waals surface area contributed by atoms with E-state index in [1.165, 1.54) is 19.2 Å². The Morgan fingerprint density at radius 2 is 2.10 bits per heavy atom. The highest BCUT2D eigenvalue weighted by Gasteiger charge is 2.30. The molecule has 20 heavy (non-hydrogen) atoms. The first-order valence-corrected chi connectivity index (χ1v) is 5.36. The normalized spacial score (nSPS) is 11.4. The summed E-state index contributed by atoms with van der Waals surface area (Å²) in [6.45, 7) is 0. The zero-order valence-electron chi connectivity index (χ0n) is 10.1. The average molecular weight is 286 g/mol. The number of rotatable bonds is 2. The lowest BCUT2D eigenvalue weighted by Gasteiger charge is -2.09. The van der Waals surface area contributed by atoms with Crippen molar-refractivity contribution in [2.45, 2.75) is 6.18 Å². The molecule has 1 aromatic carbocycles. The predicted molar refractivity (Wildman–Crippen MR) is 62.1 cm³/mol. The molecule has 0 spiro atoms. The number of hydrogen-bond acceptors (Lipinski definition) is 4. The number of aromatic nitrogens is 3. The van der Waals surface area contributed by atoms with Crippen molar-refractivity contribution < 1.29 is 23.1 Å². The number of anilines is 1. The summed E-state index contributed by atoms with van der Waals surface area (Å²) in [6, 6.07) is 4.14. The fourth-order valence-corrected chi connectivity index (χ4v) is 1.56. The summed E-state index contributed by atoms with van der Waals surface area (Å²) in [5.41, 5.74) is -1.18. The minimum Gasteiger partial charge on any atom is -0.491 e. The average Bonchev–Trinajstić information content (AvgIpc) is 2.68. The number of halogens is 3. The smallest absolute Gasteiger partial charge is 0.416 e. The maximum absolute atomic E-state index is 12.5. The van der Waals surface area contributed by atoms with Gasteiger partial charge in [0.05, 0.1) is 5.56 Å². The van der Waals surface area contributed by atoms with Crippen LogP contribution < -0.4 is 5.32 Å². The minimum absolute atomic E-state index is 0.0505. The first kappa shape index (κ1) is 13.8. The van der Waals surface area contributed by atoms with Crippen molar-refractivity contribution in [3.8, 4) is 5.88 Å². The highest BCUT2D eigenvalue weighted by atomic mass is 19.4. The molecule has 2 aromatic rings. The Morgan fingerprint density at radius 3 is 2.65 bits per heavy atom. The number of nitrogens with zero attached hydrogens (tertiary/aromatic N) is 3. The maximum Gasteiger partial charge on any atom is 0.416 e. The fraction of sp³-hybridized carbons (Fsp3) is 0.182. The Kier molecular flexibility index (Phi) is 3.35. The molecule has 106 valence electrons. The van der Waals surface area contributed by atoms with Crippen LogP contribution in [-0.4, -0.2) is 26.0 Å². The molecule has 0 aliphatic heterocycles. The first-order valence-electron chi connectivity index (χ1n) is 5.36. The van der Waals surface area contributed by atoms with Crippen molar-refractivity contribution >= 4 is 11.6 Å². The van der Waals surface area contributed by atoms with E-state index < -0.39 is 23.5 Å². The maximum atomic E-state index is 12.5. The van der Waals surface area contributed by atoms with Crippen LogP contribution in [-0.2, 0) is 13.2 Å². The van der Waals surface area contributed by atoms with Gasteiger partial charge in [0.1, 0.15) is 0 Å². The third-order valence-corrected chi connectivity index (χ3v) is 2.47. The van der Waals surface area contributed by atoms with Crippen molar-refractivity contribution in [3.63, 3.8) is 0 Å². The summed E-state index contributed by atoms with van der Waals surface area (Å²) >= 11 is 0. The number of aromatic hydroxyl groups is 1. The molecule has 6 nitrogen and oxygen atoms in total. The van der Waals surface area contributed by atoms with Crippen LogP contribution in [0.15, 0.2) is 24.3 Å². The third kappa shape index (κ3) is 2.71. The predicted octanol–water partition coefficient (Wildman–Crippen LogP) is 1.79. The number of carbonyl (C=O) groups is 1. The van der Waals surface area contributed by atoms with Crippen LogP contribution in [0.3, 0.4) is 0 Å². The zero-order valence-corrected chi connectivity index (χ0v) is 10.1. The van der Waals surface area contributed by atoms with Gasteiger partial charge in [0.25, 0.3) is 11.8 Å². The lowest BCUT2D eigenvalue weighted by molar-refractivity contribution is -0.137. The molecule has 2 N–H and O–H groups in total. The van der Waals surface area contributed by atoms with Crippen molar-refractivity contribution in [2.75, 3.05) is 5.32 Å². The van der Waals surface area contributed by atoms with Crippen LogP contribution >= 0.6 is 0 Å². The van der Waals surface area contributed by atoms with E-state index in [9.17, 15) is 23.1 Å². The Bertz CT molecular complexity index is 632. The number of benzene rings is 1. The van der Waals surface area contributed by atoms with Crippen LogP contribution in [0.25, 0.3) is 0 Å². The monoisotopic (exact) mass is 286 g/mol. The standard InChI is InChI=1S/C11H9F3N4O2/c1-18-8(10(20)16-17-18)9(19)15-7-4-2-3-6(5-7)11(12,13)14/h2-5,20H,1H3,(H,15,19). The molecular formula is C11H9F3N4O2. The molecule has 1 aromatic heterocycles. The second-order valence-corrected chi connectivity index (χ2v) is 3.92. The van der Waals surface area contributed by atoms with E-state index in [-0.39, 0.29) is 11.4 Å². The number of alkyl halides is 3. The van der Waals surface area contributed by atoms with E-state index in [0.717, 1.165) is 16.8 Å². The third-order valence-electron chi connectivity index (χ3n) is 2.47. The van der Waals surface area contributed by atoms with Gasteiger partial charge in [0.15, 0.2) is 5.69 Å². The van der Waals surface area contributed by atoms with Gasteiger partial charge in [-0.3, -0.25) is 4.79 Å². The Balaban J connectivity index is 2.25. The van der Waals surface area contributed by atoms with Gasteiger partial charge >= 0.3 is 6.18 Å². The van der Waals surface area contributed by atoms with Gasteiger partial charge in [-0.05, 0) is 18.2 Å². The number of aryl methyl sites for hydroxylation is 1. The topological polar surface area (TPSA) is 80.0 Å². The van der Waals surface area contributed by atoms with Crippen molar-refractivity contribution in [1.29, 1.82) is 0 Å². The summed E-state index contributed by atoms with van der Waals surface area (Å²) in [4.78, 5) is 11.8. The van der Waals surface area contributed by atoms with E-state index in [2.05, 4.69) is 15.6 Å². The largest absolute Gasteiger partial charge is 0.491 e. The van der Waals surface area contributed by atoms with E-state index >= 15 is 0 Å². The molecule has 0 aliphatic carbocycles. The summed E-state index contributed by atoms with van der Waals surface area (Å²) in [6.07, 6.45) is -4.50. The van der Waals surface area contributed by atoms with E-state index in [0.29, 0.717) is 0 Å². The molecule has 1 heterocycles. The van der Waals surface area contributed by atoms with Crippen LogP contribution in [0.1, 0.15) is 16.1 Å². The molecular weight excluding hydrogens is 277 g/mol. The van der Waals surface area contributed by atoms with Crippen molar-refractivity contribution in [3.05, 3.63) is 35.5 Å². The molecule has 0 saturated heterocycles. The number of amides is 1. The first-order chi connectivity index (χ1) is 9.29. The van der Waals surface area contributed by atoms with Gasteiger partial charge in [0, 0.05) is 12.7 Å². The fourth-order valence-electron chi connectivity index (χ4n) is 1.56. The molecule has 9 heteroatoms. The van der Waals surface area contributed by atoms with E-state index in [4.69, 9.17) is 0 Å². The van der Waals surface area contributed by atoms with Crippen LogP contribution in [0, 0.1) is 0 Å². The molecule has 0 saturated carbocycles. The summed E-state index contributed by atoms with van der Waals surface area (Å²) in [5.74, 6) is -1.41. The minimum atomic E-state index is -4.50. The zero-order chi connectivity index (χ0) is 14.9. The highest BCUT2D eigenvalue weighted by molar-refractivity contribution is 6.04. The van der Waals surface area contributed by atoms with Crippen LogP contribution in [0.4, 0.5) is 18.9 Å². The second-order valence-electron chi connectivity index (χ2n) is 3.92. The van der Waals surface area contributed by atoms with Crippen LogP contribution in [0.5, 0.6) is 5.88 Å². The van der Waals surface area contributed by atoms with Gasteiger partial charge in [0.2, 0.25) is 0 Å². The SMILES string of the molecule is Cn1nnc(O)c1C(=O)Nc1cccc(C(F)(F)F)c1. The molecule has 0 unspecified atom stereocenters. The van der Waals surface area contributed by atoms with Gasteiger partial charge in [-0.15, -0.1) is 0 Å². The van der Waals surface area contributed by atoms with E-state index in [1.807, 2.05) is 0 Å². The Labute approximate surface area is 110 Å². The molecule has 2 rings (SSSR count). The van der Waals surface area contributed by atoms with Gasteiger partial charge < -0.3 is 10.4 Å². The molecule has 0 radical (unpaired) electrons. The molecule has 1 amide bonds. The van der Waals surface area contributed by atoms with Crippen LogP contribution in [0.2, 0.25) is 0 Å². The molecule has 0 fully saturated rings. The lowest BCUT2D eigenvalue weighted by Crippen LogP contribution is -2.17. The number of carbonyl (C=O) groups excluding carboxylic acids is 1. The molecule has 0 atom stereocenters. The Morgan fingerprint density at radius 1 is 1.40 bits per heavy atom. The van der Waals surface area contributed by atoms with Gasteiger partial charge in [-0.25, -0.2) is 4.68 Å². The van der Waals surface area contributed by atoms with Crippen molar-refractivity contribution in [1.82, 2.24) is 15.0 Å². The van der Waals surface area contributed by atoms with E-state index in [1.54, 1.807) is 0 Å².